The third-order valence-corrected chi connectivity index (χ3v) is 10.0. The highest BCUT2D eigenvalue weighted by molar-refractivity contribution is 7.92. The van der Waals surface area contributed by atoms with Gasteiger partial charge in [0.1, 0.15) is 17.5 Å². The zero-order chi connectivity index (χ0) is 23.9. The first-order chi connectivity index (χ1) is 16.8. The van der Waals surface area contributed by atoms with Gasteiger partial charge in [-0.25, -0.2) is 18.4 Å². The summed E-state index contributed by atoms with van der Waals surface area (Å²) in [6.07, 6.45) is 3.99. The highest BCUT2D eigenvalue weighted by Gasteiger charge is 2.54. The van der Waals surface area contributed by atoms with Crippen LogP contribution in [0.3, 0.4) is 0 Å². The summed E-state index contributed by atoms with van der Waals surface area (Å²) in [7, 11) is -2.92. The van der Waals surface area contributed by atoms with E-state index in [1.165, 1.54) is 0 Å². The molecule has 2 saturated heterocycles. The van der Waals surface area contributed by atoms with Crippen molar-refractivity contribution in [3.8, 4) is 5.69 Å². The SMILES string of the molecule is Cc1nccc(N2CC3(CC(c4nnc5n4-c4ccc(Cl)cc4CN(C4CS(=O)(=O)C4)C5)C3)C2)n1. The summed E-state index contributed by atoms with van der Waals surface area (Å²) < 4.78 is 25.9. The van der Waals surface area contributed by atoms with E-state index in [0.29, 0.717) is 29.4 Å². The minimum atomic E-state index is -2.92. The second-order valence-electron chi connectivity index (χ2n) is 10.6. The number of nitrogens with zero attached hydrogens (tertiary/aromatic N) is 7. The van der Waals surface area contributed by atoms with Gasteiger partial charge in [0.05, 0.1) is 23.7 Å². The van der Waals surface area contributed by atoms with Gasteiger partial charge in [0.15, 0.2) is 15.7 Å². The Morgan fingerprint density at radius 2 is 1.89 bits per heavy atom. The molecule has 0 bridgehead atoms. The van der Waals surface area contributed by atoms with Crippen LogP contribution >= 0.6 is 11.6 Å². The van der Waals surface area contributed by atoms with Crippen LogP contribution in [0.15, 0.2) is 30.5 Å². The lowest BCUT2D eigenvalue weighted by Gasteiger charge is -2.59. The van der Waals surface area contributed by atoms with Crippen LogP contribution in [0.25, 0.3) is 5.69 Å². The first-order valence-electron chi connectivity index (χ1n) is 12.0. The molecule has 1 spiro atoms. The van der Waals surface area contributed by atoms with E-state index in [1.54, 1.807) is 0 Å². The van der Waals surface area contributed by atoms with Gasteiger partial charge >= 0.3 is 0 Å². The molecule has 3 aliphatic heterocycles. The van der Waals surface area contributed by atoms with Crippen LogP contribution in [0.1, 0.15) is 41.8 Å². The van der Waals surface area contributed by atoms with E-state index in [1.807, 2.05) is 37.4 Å². The van der Waals surface area contributed by atoms with E-state index in [-0.39, 0.29) is 17.5 Å². The van der Waals surface area contributed by atoms with Crippen molar-refractivity contribution >= 4 is 27.3 Å². The Balaban J connectivity index is 1.14. The molecule has 3 fully saturated rings. The monoisotopic (exact) mass is 511 g/mol. The molecule has 182 valence electrons. The molecule has 9 nitrogen and oxygen atoms in total. The third-order valence-electron chi connectivity index (χ3n) is 8.03. The first-order valence-corrected chi connectivity index (χ1v) is 14.2. The lowest BCUT2D eigenvalue weighted by molar-refractivity contribution is 0.0581. The Morgan fingerprint density at radius 1 is 1.09 bits per heavy atom. The number of hydrogen-bond acceptors (Lipinski definition) is 8. The number of sulfone groups is 1. The van der Waals surface area contributed by atoms with Crippen LogP contribution < -0.4 is 4.90 Å². The third kappa shape index (κ3) is 3.56. The summed E-state index contributed by atoms with van der Waals surface area (Å²) in [6, 6.07) is 7.94. The van der Waals surface area contributed by atoms with E-state index in [2.05, 4.69) is 34.5 Å². The van der Waals surface area contributed by atoms with Crippen molar-refractivity contribution in [1.29, 1.82) is 0 Å². The standard InChI is InChI=1S/C24H26ClN7O2S/c1-15-26-5-4-21(27-15)31-13-24(14-31)7-17(8-24)23-29-28-22-10-30(19-11-35(33,34)12-19)9-16-6-18(25)2-3-20(16)32(22)23/h2-6,17,19H,7-14H2,1H3. The summed E-state index contributed by atoms with van der Waals surface area (Å²) in [6.45, 7) is 5.18. The molecule has 0 amide bonds. The Hall–Kier alpha value is -2.56. The molecule has 0 N–H and O–H groups in total. The average Bonchev–Trinajstić information content (AvgIpc) is 3.05. The summed E-state index contributed by atoms with van der Waals surface area (Å²) in [5.41, 5.74) is 2.46. The quantitative estimate of drug-likeness (QED) is 0.529. The molecule has 0 atom stereocenters. The molecule has 3 aromatic rings. The van der Waals surface area contributed by atoms with E-state index in [9.17, 15) is 8.42 Å². The fraction of sp³-hybridized carbons (Fsp3) is 0.500. The van der Waals surface area contributed by atoms with Crippen molar-refractivity contribution in [2.24, 2.45) is 5.41 Å². The number of aromatic nitrogens is 5. The van der Waals surface area contributed by atoms with Crippen molar-refractivity contribution in [1.82, 2.24) is 29.6 Å². The highest BCUT2D eigenvalue weighted by atomic mass is 35.5. The maximum atomic E-state index is 11.8. The lowest BCUT2D eigenvalue weighted by Crippen LogP contribution is -2.62. The van der Waals surface area contributed by atoms with Gasteiger partial charge in [-0.15, -0.1) is 10.2 Å². The molecule has 2 aromatic heterocycles. The number of fused-ring (bicyclic) bond motifs is 3. The van der Waals surface area contributed by atoms with Gasteiger partial charge in [-0.05, 0) is 49.6 Å². The summed E-state index contributed by atoms with van der Waals surface area (Å²) in [5.74, 6) is 4.45. The predicted molar refractivity (Wildman–Crippen MR) is 131 cm³/mol. The molecule has 4 aliphatic rings. The molecule has 0 radical (unpaired) electrons. The minimum Gasteiger partial charge on any atom is -0.355 e. The summed E-state index contributed by atoms with van der Waals surface area (Å²) >= 11 is 6.36. The van der Waals surface area contributed by atoms with Crippen LogP contribution in [0.5, 0.6) is 0 Å². The van der Waals surface area contributed by atoms with E-state index in [4.69, 9.17) is 11.6 Å². The highest BCUT2D eigenvalue weighted by Crippen LogP contribution is 2.56. The fourth-order valence-corrected chi connectivity index (χ4v) is 7.98. The summed E-state index contributed by atoms with van der Waals surface area (Å²) in [5, 5.41) is 9.94. The van der Waals surface area contributed by atoms with Gasteiger partial charge in [0, 0.05) is 48.2 Å². The lowest BCUT2D eigenvalue weighted by atomic mass is 9.57. The van der Waals surface area contributed by atoms with Gasteiger partial charge in [0.25, 0.3) is 0 Å². The van der Waals surface area contributed by atoms with Gasteiger partial charge in [-0.2, -0.15) is 0 Å². The number of anilines is 1. The Morgan fingerprint density at radius 3 is 2.63 bits per heavy atom. The maximum Gasteiger partial charge on any atom is 0.153 e. The van der Waals surface area contributed by atoms with E-state index < -0.39 is 9.84 Å². The molecule has 1 aromatic carbocycles. The fourth-order valence-electron chi connectivity index (χ4n) is 6.29. The second kappa shape index (κ2) is 7.47. The van der Waals surface area contributed by atoms with Crippen molar-refractivity contribution in [3.63, 3.8) is 0 Å². The average molecular weight is 512 g/mol. The Bertz CT molecular complexity index is 1430. The molecule has 5 heterocycles. The van der Waals surface area contributed by atoms with Crippen LogP contribution in [0.2, 0.25) is 5.02 Å². The number of halogens is 1. The predicted octanol–water partition coefficient (Wildman–Crippen LogP) is 2.52. The van der Waals surface area contributed by atoms with E-state index >= 15 is 0 Å². The van der Waals surface area contributed by atoms with Gasteiger partial charge in [-0.3, -0.25) is 9.47 Å². The first kappa shape index (κ1) is 21.7. The molecule has 11 heteroatoms. The zero-order valence-corrected chi connectivity index (χ0v) is 21.0. The van der Waals surface area contributed by atoms with E-state index in [0.717, 1.165) is 60.5 Å². The maximum absolute atomic E-state index is 11.8. The molecule has 7 rings (SSSR count). The normalized spacial score (nSPS) is 23.1. The van der Waals surface area contributed by atoms with Crippen LogP contribution in [-0.4, -0.2) is 68.7 Å². The zero-order valence-electron chi connectivity index (χ0n) is 19.4. The molecule has 1 saturated carbocycles. The number of rotatable bonds is 3. The number of benzene rings is 1. The smallest absolute Gasteiger partial charge is 0.153 e. The van der Waals surface area contributed by atoms with Crippen LogP contribution in [0, 0.1) is 12.3 Å². The van der Waals surface area contributed by atoms with Crippen molar-refractivity contribution in [2.45, 2.75) is 44.8 Å². The molecule has 1 aliphatic carbocycles. The Labute approximate surface area is 209 Å². The van der Waals surface area contributed by atoms with Gasteiger partial charge in [-0.1, -0.05) is 11.6 Å². The molecule has 35 heavy (non-hydrogen) atoms. The van der Waals surface area contributed by atoms with Crippen molar-refractivity contribution < 1.29 is 8.42 Å². The summed E-state index contributed by atoms with van der Waals surface area (Å²) in [4.78, 5) is 13.3. The van der Waals surface area contributed by atoms with Gasteiger partial charge < -0.3 is 4.90 Å². The second-order valence-corrected chi connectivity index (χ2v) is 13.2. The molecule has 0 unspecified atom stereocenters. The van der Waals surface area contributed by atoms with Crippen molar-refractivity contribution in [2.75, 3.05) is 29.5 Å². The topological polar surface area (TPSA) is 97.1 Å². The minimum absolute atomic E-state index is 0.0110. The molecular weight excluding hydrogens is 486 g/mol. The number of aryl methyl sites for hydroxylation is 1. The largest absolute Gasteiger partial charge is 0.355 e. The van der Waals surface area contributed by atoms with Crippen LogP contribution in [-0.2, 0) is 22.9 Å². The number of hydrogen-bond donors (Lipinski definition) is 0. The van der Waals surface area contributed by atoms with Crippen LogP contribution in [0.4, 0.5) is 5.82 Å². The Kier molecular flexibility index (Phi) is 4.63. The molecular formula is C24H26ClN7O2S. The van der Waals surface area contributed by atoms with Gasteiger partial charge in [0.2, 0.25) is 0 Å². The van der Waals surface area contributed by atoms with Crippen molar-refractivity contribution in [3.05, 3.63) is 58.5 Å².